The molecule has 0 atom stereocenters. The molecule has 2 N–H and O–H groups in total. The van der Waals surface area contributed by atoms with Crippen molar-refractivity contribution in [1.82, 2.24) is 9.80 Å². The quantitative estimate of drug-likeness (QED) is 0.613. The van der Waals surface area contributed by atoms with Gasteiger partial charge in [0.2, 0.25) is 0 Å². The second-order valence-electron chi connectivity index (χ2n) is 7.18. The number of esters is 1. The number of halogens is 3. The van der Waals surface area contributed by atoms with Gasteiger partial charge >= 0.3 is 12.1 Å². The molecule has 1 fully saturated rings. The summed E-state index contributed by atoms with van der Waals surface area (Å²) in [6, 6.07) is 3.73. The molecule has 0 aromatic heterocycles. The van der Waals surface area contributed by atoms with Gasteiger partial charge in [0, 0.05) is 31.9 Å². The summed E-state index contributed by atoms with van der Waals surface area (Å²) >= 11 is 0. The van der Waals surface area contributed by atoms with Gasteiger partial charge < -0.3 is 24.8 Å². The van der Waals surface area contributed by atoms with E-state index in [4.69, 9.17) is 9.84 Å². The summed E-state index contributed by atoms with van der Waals surface area (Å²) in [6.45, 7) is 1.71. The second-order valence-corrected chi connectivity index (χ2v) is 7.18. The molecule has 2 aliphatic rings. The minimum atomic E-state index is -4.60. The molecule has 8 nitrogen and oxygen atoms in total. The summed E-state index contributed by atoms with van der Waals surface area (Å²) in [5.41, 5.74) is -0.849. The van der Waals surface area contributed by atoms with Gasteiger partial charge in [-0.25, -0.2) is 4.79 Å². The van der Waals surface area contributed by atoms with Crippen LogP contribution in [0.25, 0.3) is 0 Å². The third-order valence-corrected chi connectivity index (χ3v) is 5.14. The fourth-order valence-electron chi connectivity index (χ4n) is 3.55. The predicted octanol–water partition coefficient (Wildman–Crippen LogP) is 1.21. The number of nitrogens with zero attached hydrogens (tertiary/aromatic N) is 2. The molecule has 0 saturated carbocycles. The van der Waals surface area contributed by atoms with Crippen LogP contribution < -0.4 is 5.32 Å². The van der Waals surface area contributed by atoms with Gasteiger partial charge in [-0.05, 0) is 17.7 Å². The van der Waals surface area contributed by atoms with Crippen molar-refractivity contribution in [2.45, 2.75) is 12.7 Å². The molecule has 11 heteroatoms. The van der Waals surface area contributed by atoms with Gasteiger partial charge in [0.25, 0.3) is 5.91 Å². The Balaban J connectivity index is 1.89. The van der Waals surface area contributed by atoms with Crippen LogP contribution in [-0.2, 0) is 31.8 Å². The van der Waals surface area contributed by atoms with Crippen molar-refractivity contribution in [3.8, 4) is 0 Å². The number of aliphatic hydroxyl groups excluding tert-OH is 1. The predicted molar refractivity (Wildman–Crippen MR) is 104 cm³/mol. The van der Waals surface area contributed by atoms with E-state index >= 15 is 0 Å². The summed E-state index contributed by atoms with van der Waals surface area (Å²) in [5.74, 6) is -1.36. The van der Waals surface area contributed by atoms with Crippen molar-refractivity contribution >= 4 is 17.6 Å². The molecule has 0 spiro atoms. The van der Waals surface area contributed by atoms with Crippen molar-refractivity contribution < 1.29 is 37.3 Å². The maximum absolute atomic E-state index is 13.7. The van der Waals surface area contributed by atoms with Crippen LogP contribution in [0.5, 0.6) is 0 Å². The lowest BCUT2D eigenvalue weighted by Crippen LogP contribution is -2.36. The fourth-order valence-corrected chi connectivity index (χ4v) is 3.55. The average molecular weight is 443 g/mol. The number of hydrogen-bond acceptors (Lipinski definition) is 7. The van der Waals surface area contributed by atoms with Gasteiger partial charge in [-0.1, -0.05) is 6.07 Å². The first-order valence-electron chi connectivity index (χ1n) is 9.73. The molecule has 2 heterocycles. The lowest BCUT2D eigenvalue weighted by Gasteiger charge is -2.28. The van der Waals surface area contributed by atoms with Crippen LogP contribution in [0.15, 0.2) is 29.5 Å². The Hall–Kier alpha value is -2.63. The van der Waals surface area contributed by atoms with Crippen LogP contribution >= 0.6 is 0 Å². The highest BCUT2D eigenvalue weighted by molar-refractivity contribution is 6.08. The second kappa shape index (κ2) is 9.67. The Morgan fingerprint density at radius 1 is 1.29 bits per heavy atom. The molecule has 170 valence electrons. The normalized spacial score (nSPS) is 18.0. The van der Waals surface area contributed by atoms with Crippen LogP contribution in [0.3, 0.4) is 0 Å². The summed E-state index contributed by atoms with van der Waals surface area (Å²) in [6.07, 6.45) is -4.60. The Morgan fingerprint density at radius 2 is 2.00 bits per heavy atom. The number of hydrogen-bond donors (Lipinski definition) is 2. The van der Waals surface area contributed by atoms with Crippen LogP contribution in [0.1, 0.15) is 11.1 Å². The van der Waals surface area contributed by atoms with Crippen LogP contribution in [0.2, 0.25) is 0 Å². The minimum Gasteiger partial charge on any atom is -0.466 e. The number of benzene rings is 1. The first-order chi connectivity index (χ1) is 14.7. The number of nitrogens with one attached hydrogen (secondary N) is 1. The van der Waals surface area contributed by atoms with Gasteiger partial charge in [-0.2, -0.15) is 13.2 Å². The summed E-state index contributed by atoms with van der Waals surface area (Å²) in [7, 11) is 1.15. The van der Waals surface area contributed by atoms with Gasteiger partial charge in [0.1, 0.15) is 5.70 Å². The summed E-state index contributed by atoms with van der Waals surface area (Å²) < 4.78 is 51.1. The third kappa shape index (κ3) is 5.35. The van der Waals surface area contributed by atoms with E-state index in [1.54, 1.807) is 0 Å². The molecule has 1 aromatic rings. The van der Waals surface area contributed by atoms with Crippen molar-refractivity contribution in [2.24, 2.45) is 0 Å². The zero-order valence-electron chi connectivity index (χ0n) is 17.0. The molecule has 3 rings (SSSR count). The summed E-state index contributed by atoms with van der Waals surface area (Å²) in [4.78, 5) is 27.7. The summed E-state index contributed by atoms with van der Waals surface area (Å²) in [5, 5.41) is 11.8. The molecule has 2 aliphatic heterocycles. The number of amides is 1. The Kier molecular flexibility index (Phi) is 7.19. The Bertz CT molecular complexity index is 866. The highest BCUT2D eigenvalue weighted by Crippen LogP contribution is 2.35. The van der Waals surface area contributed by atoms with Gasteiger partial charge in [-0.3, -0.25) is 9.69 Å². The highest BCUT2D eigenvalue weighted by atomic mass is 19.4. The molecular formula is C20H24F3N3O5. The van der Waals surface area contributed by atoms with E-state index in [1.165, 1.54) is 17.0 Å². The van der Waals surface area contributed by atoms with E-state index in [0.29, 0.717) is 26.3 Å². The van der Waals surface area contributed by atoms with E-state index in [2.05, 4.69) is 10.1 Å². The average Bonchev–Trinajstić information content (AvgIpc) is 3.04. The SMILES string of the molecule is COC(=O)C1=C(Nc2ccc(CN3CCOCC3)c(C(F)(F)F)c2)C(=O)N(CCO)C1. The number of aliphatic hydroxyl groups is 1. The van der Waals surface area contributed by atoms with Crippen molar-refractivity contribution in [1.29, 1.82) is 0 Å². The maximum atomic E-state index is 13.7. The standard InChI is InChI=1S/C20H24F3N3O5/c1-30-19(29)15-12-26(4-7-27)18(28)17(15)24-14-3-2-13(16(10-14)20(21,22)23)11-25-5-8-31-9-6-25/h2-3,10,24,27H,4-9,11-12H2,1H3. The number of methoxy groups -OCH3 is 1. The number of carbonyl (C=O) groups is 2. The molecule has 0 unspecified atom stereocenters. The molecule has 1 saturated heterocycles. The number of anilines is 1. The van der Waals surface area contributed by atoms with Crippen LogP contribution in [0.4, 0.5) is 18.9 Å². The van der Waals surface area contributed by atoms with Crippen molar-refractivity contribution in [3.63, 3.8) is 0 Å². The minimum absolute atomic E-state index is 0.00750. The van der Waals surface area contributed by atoms with E-state index in [1.807, 2.05) is 4.90 Å². The van der Waals surface area contributed by atoms with Crippen molar-refractivity contribution in [2.75, 3.05) is 58.4 Å². The Morgan fingerprint density at radius 3 is 2.61 bits per heavy atom. The highest BCUT2D eigenvalue weighted by Gasteiger charge is 2.36. The van der Waals surface area contributed by atoms with E-state index in [-0.39, 0.29) is 48.8 Å². The first-order valence-corrected chi connectivity index (χ1v) is 9.73. The lowest BCUT2D eigenvalue weighted by molar-refractivity contribution is -0.138. The van der Waals surface area contributed by atoms with Gasteiger partial charge in [0.05, 0.1) is 44.6 Å². The maximum Gasteiger partial charge on any atom is 0.416 e. The van der Waals surface area contributed by atoms with Crippen LogP contribution in [-0.4, -0.2) is 79.9 Å². The molecule has 1 amide bonds. The molecule has 31 heavy (non-hydrogen) atoms. The van der Waals surface area contributed by atoms with Crippen LogP contribution in [0, 0.1) is 0 Å². The molecule has 0 bridgehead atoms. The Labute approximate surface area is 177 Å². The molecule has 1 aromatic carbocycles. The number of ether oxygens (including phenoxy) is 2. The lowest BCUT2D eigenvalue weighted by atomic mass is 10.0. The number of morpholine rings is 1. The van der Waals surface area contributed by atoms with Crippen molar-refractivity contribution in [3.05, 3.63) is 40.6 Å². The van der Waals surface area contributed by atoms with E-state index in [0.717, 1.165) is 13.2 Å². The molecular weight excluding hydrogens is 419 g/mol. The number of rotatable bonds is 7. The fraction of sp³-hybridized carbons (Fsp3) is 0.500. The zero-order valence-corrected chi connectivity index (χ0v) is 17.0. The monoisotopic (exact) mass is 443 g/mol. The van der Waals surface area contributed by atoms with E-state index in [9.17, 15) is 22.8 Å². The third-order valence-electron chi connectivity index (χ3n) is 5.14. The van der Waals surface area contributed by atoms with E-state index < -0.39 is 23.6 Å². The number of alkyl halides is 3. The molecule has 0 aliphatic carbocycles. The first kappa shape index (κ1) is 23.0. The molecule has 0 radical (unpaired) electrons. The largest absolute Gasteiger partial charge is 0.466 e. The topological polar surface area (TPSA) is 91.3 Å². The number of carbonyl (C=O) groups excluding carboxylic acids is 2. The number of β-amino-alcohol motifs (C(OH)–C–C–N with tert-alkyl or cyclic N) is 1. The zero-order chi connectivity index (χ0) is 22.6. The smallest absolute Gasteiger partial charge is 0.416 e. The van der Waals surface area contributed by atoms with Gasteiger partial charge in [-0.15, -0.1) is 0 Å². The van der Waals surface area contributed by atoms with Gasteiger partial charge in [0.15, 0.2) is 0 Å².